The number of carbonyl (C=O) groups excluding carboxylic acids is 1. The van der Waals surface area contributed by atoms with Gasteiger partial charge in [0.1, 0.15) is 5.82 Å². The molecule has 5 heteroatoms. The molecule has 0 aromatic heterocycles. The van der Waals surface area contributed by atoms with E-state index in [9.17, 15) is 9.18 Å². The van der Waals surface area contributed by atoms with Crippen molar-refractivity contribution in [2.24, 2.45) is 0 Å². The fourth-order valence-electron chi connectivity index (χ4n) is 3.17. The Kier molecular flexibility index (Phi) is 5.34. The summed E-state index contributed by atoms with van der Waals surface area (Å²) in [5, 5.41) is 0. The van der Waals surface area contributed by atoms with Gasteiger partial charge in [0.25, 0.3) is 5.91 Å². The summed E-state index contributed by atoms with van der Waals surface area (Å²) in [6.07, 6.45) is 0.475. The molecule has 0 spiro atoms. The predicted molar refractivity (Wildman–Crippen MR) is 96.5 cm³/mol. The van der Waals surface area contributed by atoms with Crippen molar-refractivity contribution in [3.63, 3.8) is 0 Å². The standard InChI is InChI=1S/C20H23FN2O2/c1-22(2)19-9-4-3-8-18(19)20(24)23-10-11-25-17(14-23)13-15-6-5-7-16(21)12-15/h3-9,12,17H,10-11,13-14H2,1-2H3/t17-/m1/s1. The summed E-state index contributed by atoms with van der Waals surface area (Å²) < 4.78 is 19.1. The molecule has 4 nitrogen and oxygen atoms in total. The van der Waals surface area contributed by atoms with Gasteiger partial charge in [-0.05, 0) is 29.8 Å². The van der Waals surface area contributed by atoms with Crippen LogP contribution in [0.2, 0.25) is 0 Å². The minimum Gasteiger partial charge on any atom is -0.377 e. The number of nitrogens with zero attached hydrogens (tertiary/aromatic N) is 2. The van der Waals surface area contributed by atoms with Crippen molar-refractivity contribution in [3.8, 4) is 0 Å². The second-order valence-corrected chi connectivity index (χ2v) is 6.49. The minimum atomic E-state index is -0.249. The summed E-state index contributed by atoms with van der Waals surface area (Å²) in [4.78, 5) is 16.7. The molecule has 0 aliphatic carbocycles. The number of amides is 1. The van der Waals surface area contributed by atoms with E-state index in [1.807, 2.05) is 54.2 Å². The van der Waals surface area contributed by atoms with E-state index in [4.69, 9.17) is 4.74 Å². The number of para-hydroxylation sites is 1. The van der Waals surface area contributed by atoms with Crippen LogP contribution in [0, 0.1) is 5.82 Å². The van der Waals surface area contributed by atoms with Crippen molar-refractivity contribution in [3.05, 3.63) is 65.5 Å². The maximum Gasteiger partial charge on any atom is 0.256 e. The second kappa shape index (κ2) is 7.66. The highest BCUT2D eigenvalue weighted by Gasteiger charge is 2.26. The van der Waals surface area contributed by atoms with Gasteiger partial charge < -0.3 is 14.5 Å². The highest BCUT2D eigenvalue weighted by atomic mass is 19.1. The molecule has 132 valence electrons. The van der Waals surface area contributed by atoms with Crippen LogP contribution >= 0.6 is 0 Å². The molecule has 1 fully saturated rings. The summed E-state index contributed by atoms with van der Waals surface area (Å²) in [7, 11) is 3.86. The Bertz CT molecular complexity index is 748. The lowest BCUT2D eigenvalue weighted by molar-refractivity contribution is -0.0208. The maximum atomic E-state index is 13.4. The topological polar surface area (TPSA) is 32.8 Å². The molecule has 25 heavy (non-hydrogen) atoms. The molecule has 1 amide bonds. The highest BCUT2D eigenvalue weighted by molar-refractivity contribution is 5.99. The Morgan fingerprint density at radius 2 is 2.04 bits per heavy atom. The van der Waals surface area contributed by atoms with Crippen LogP contribution in [0.5, 0.6) is 0 Å². The van der Waals surface area contributed by atoms with E-state index < -0.39 is 0 Å². The normalized spacial score (nSPS) is 17.4. The first-order valence-electron chi connectivity index (χ1n) is 8.46. The van der Waals surface area contributed by atoms with Crippen LogP contribution in [0.4, 0.5) is 10.1 Å². The SMILES string of the molecule is CN(C)c1ccccc1C(=O)N1CCO[C@H](Cc2cccc(F)c2)C1. The Morgan fingerprint density at radius 3 is 2.80 bits per heavy atom. The number of hydrogen-bond donors (Lipinski definition) is 0. The van der Waals surface area contributed by atoms with E-state index in [-0.39, 0.29) is 17.8 Å². The number of anilines is 1. The Morgan fingerprint density at radius 1 is 1.24 bits per heavy atom. The van der Waals surface area contributed by atoms with E-state index in [1.54, 1.807) is 6.07 Å². The van der Waals surface area contributed by atoms with Gasteiger partial charge >= 0.3 is 0 Å². The van der Waals surface area contributed by atoms with Gasteiger partial charge in [-0.1, -0.05) is 24.3 Å². The lowest BCUT2D eigenvalue weighted by atomic mass is 10.1. The van der Waals surface area contributed by atoms with Crippen molar-refractivity contribution in [2.45, 2.75) is 12.5 Å². The van der Waals surface area contributed by atoms with Crippen molar-refractivity contribution in [2.75, 3.05) is 38.7 Å². The van der Waals surface area contributed by atoms with E-state index >= 15 is 0 Å². The zero-order valence-electron chi connectivity index (χ0n) is 14.6. The van der Waals surface area contributed by atoms with Gasteiger partial charge in [0.2, 0.25) is 0 Å². The van der Waals surface area contributed by atoms with Crippen LogP contribution in [-0.4, -0.2) is 50.7 Å². The molecule has 1 aliphatic heterocycles. The number of hydrogen-bond acceptors (Lipinski definition) is 3. The summed E-state index contributed by atoms with van der Waals surface area (Å²) in [5.41, 5.74) is 2.48. The molecule has 0 unspecified atom stereocenters. The highest BCUT2D eigenvalue weighted by Crippen LogP contribution is 2.22. The van der Waals surface area contributed by atoms with Crippen LogP contribution in [0.15, 0.2) is 48.5 Å². The molecule has 0 bridgehead atoms. The molecule has 2 aromatic rings. The van der Waals surface area contributed by atoms with Crippen LogP contribution < -0.4 is 4.90 Å². The van der Waals surface area contributed by atoms with Crippen molar-refractivity contribution >= 4 is 11.6 Å². The van der Waals surface area contributed by atoms with Crippen molar-refractivity contribution in [1.82, 2.24) is 4.90 Å². The average molecular weight is 342 g/mol. The monoisotopic (exact) mass is 342 g/mol. The lowest BCUT2D eigenvalue weighted by Gasteiger charge is -2.34. The quantitative estimate of drug-likeness (QED) is 0.856. The molecular weight excluding hydrogens is 319 g/mol. The largest absolute Gasteiger partial charge is 0.377 e. The van der Waals surface area contributed by atoms with E-state index in [0.717, 1.165) is 11.3 Å². The molecule has 0 radical (unpaired) electrons. The molecule has 1 heterocycles. The Hall–Kier alpha value is -2.40. The first-order valence-corrected chi connectivity index (χ1v) is 8.46. The summed E-state index contributed by atoms with van der Waals surface area (Å²) in [5.74, 6) is -0.238. The molecule has 2 aromatic carbocycles. The fraction of sp³-hybridized carbons (Fsp3) is 0.350. The fourth-order valence-corrected chi connectivity index (χ4v) is 3.17. The van der Waals surface area contributed by atoms with Crippen LogP contribution in [0.3, 0.4) is 0 Å². The van der Waals surface area contributed by atoms with E-state index in [2.05, 4.69) is 0 Å². The number of rotatable bonds is 4. The lowest BCUT2D eigenvalue weighted by Crippen LogP contribution is -2.46. The summed E-state index contributed by atoms with van der Waals surface area (Å²) in [6, 6.07) is 14.1. The molecule has 1 saturated heterocycles. The molecule has 0 saturated carbocycles. The van der Waals surface area contributed by atoms with Gasteiger partial charge in [-0.3, -0.25) is 4.79 Å². The first kappa shape index (κ1) is 17.4. The zero-order valence-corrected chi connectivity index (χ0v) is 14.6. The second-order valence-electron chi connectivity index (χ2n) is 6.49. The predicted octanol–water partition coefficient (Wildman–Crippen LogP) is 2.98. The third kappa shape index (κ3) is 4.17. The zero-order chi connectivity index (χ0) is 17.8. The van der Waals surface area contributed by atoms with E-state index in [1.165, 1.54) is 12.1 Å². The third-order valence-corrected chi connectivity index (χ3v) is 4.39. The number of carbonyl (C=O) groups is 1. The van der Waals surface area contributed by atoms with Gasteiger partial charge in [-0.15, -0.1) is 0 Å². The first-order chi connectivity index (χ1) is 12.0. The number of morpholine rings is 1. The minimum absolute atomic E-state index is 0.0110. The van der Waals surface area contributed by atoms with Gasteiger partial charge in [0, 0.05) is 39.3 Å². The van der Waals surface area contributed by atoms with Crippen molar-refractivity contribution in [1.29, 1.82) is 0 Å². The summed E-state index contributed by atoms with van der Waals surface area (Å²) in [6.45, 7) is 1.58. The number of ether oxygens (including phenoxy) is 1. The van der Waals surface area contributed by atoms with Gasteiger partial charge in [0.05, 0.1) is 18.3 Å². The molecule has 1 aliphatic rings. The van der Waals surface area contributed by atoms with Crippen molar-refractivity contribution < 1.29 is 13.9 Å². The smallest absolute Gasteiger partial charge is 0.256 e. The molecule has 0 N–H and O–H groups in total. The van der Waals surface area contributed by atoms with Crippen LogP contribution in [0.1, 0.15) is 15.9 Å². The molecule has 3 rings (SSSR count). The van der Waals surface area contributed by atoms with Crippen LogP contribution in [0.25, 0.3) is 0 Å². The van der Waals surface area contributed by atoms with E-state index in [0.29, 0.717) is 31.7 Å². The van der Waals surface area contributed by atoms with Gasteiger partial charge in [0.15, 0.2) is 0 Å². The number of benzene rings is 2. The third-order valence-electron chi connectivity index (χ3n) is 4.39. The Labute approximate surface area is 147 Å². The average Bonchev–Trinajstić information content (AvgIpc) is 2.61. The van der Waals surface area contributed by atoms with Crippen LogP contribution in [-0.2, 0) is 11.2 Å². The summed E-state index contributed by atoms with van der Waals surface area (Å²) >= 11 is 0. The number of halogens is 1. The maximum absolute atomic E-state index is 13.4. The van der Waals surface area contributed by atoms with Gasteiger partial charge in [-0.2, -0.15) is 0 Å². The Balaban J connectivity index is 1.72. The molecule has 1 atom stereocenters. The van der Waals surface area contributed by atoms with Gasteiger partial charge in [-0.25, -0.2) is 4.39 Å². The molecular formula is C20H23FN2O2.